The summed E-state index contributed by atoms with van der Waals surface area (Å²) >= 11 is 5.54. The van der Waals surface area contributed by atoms with Crippen LogP contribution in [0.3, 0.4) is 0 Å². The fraction of sp³-hybridized carbons (Fsp3) is 0.0909. The molecule has 0 bridgehead atoms. The first-order chi connectivity index (χ1) is 10.8. The van der Waals surface area contributed by atoms with Gasteiger partial charge in [-0.15, -0.1) is 0 Å². The molecule has 1 aromatic carbocycles. The molecule has 0 aliphatic rings. The number of nitro groups is 1. The van der Waals surface area contributed by atoms with Gasteiger partial charge in [-0.1, -0.05) is 17.7 Å². The van der Waals surface area contributed by atoms with Crippen molar-refractivity contribution in [2.45, 2.75) is 4.90 Å². The van der Waals surface area contributed by atoms with E-state index in [1.807, 2.05) is 4.72 Å². The number of hydrogen-bond acceptors (Lipinski definition) is 7. The van der Waals surface area contributed by atoms with Crippen LogP contribution in [-0.2, 0) is 10.0 Å². The second kappa shape index (κ2) is 6.30. The first-order valence-electron chi connectivity index (χ1n) is 5.78. The SMILES string of the molecule is COc1nc([N+](=O)[O-])cnc1NS(=O)(=O)c1cccc(Cl)c1F. The summed E-state index contributed by atoms with van der Waals surface area (Å²) in [6.07, 6.45) is 0.731. The van der Waals surface area contributed by atoms with Crippen LogP contribution in [0.4, 0.5) is 16.0 Å². The highest BCUT2D eigenvalue weighted by Crippen LogP contribution is 2.27. The van der Waals surface area contributed by atoms with Gasteiger partial charge in [0.15, 0.2) is 5.82 Å². The van der Waals surface area contributed by atoms with Crippen molar-refractivity contribution in [3.8, 4) is 5.88 Å². The Bertz CT molecular complexity index is 877. The number of ether oxygens (including phenoxy) is 1. The number of halogens is 2. The van der Waals surface area contributed by atoms with Gasteiger partial charge in [0.2, 0.25) is 5.82 Å². The monoisotopic (exact) mass is 362 g/mol. The molecule has 2 aromatic rings. The predicted molar refractivity (Wildman–Crippen MR) is 77.5 cm³/mol. The maximum Gasteiger partial charge on any atom is 0.386 e. The minimum atomic E-state index is -4.39. The van der Waals surface area contributed by atoms with Gasteiger partial charge in [-0.05, 0) is 17.1 Å². The Hall–Kier alpha value is -2.53. The third-order valence-electron chi connectivity index (χ3n) is 2.54. The van der Waals surface area contributed by atoms with Crippen molar-refractivity contribution in [2.75, 3.05) is 11.8 Å². The van der Waals surface area contributed by atoms with Crippen molar-refractivity contribution in [3.05, 3.63) is 45.4 Å². The summed E-state index contributed by atoms with van der Waals surface area (Å²) < 4.78 is 44.9. The van der Waals surface area contributed by atoms with Crippen LogP contribution < -0.4 is 9.46 Å². The quantitative estimate of drug-likeness (QED) is 0.636. The molecular formula is C11H8ClFN4O5S. The lowest BCUT2D eigenvalue weighted by atomic mass is 10.3. The first kappa shape index (κ1) is 16.8. The maximum atomic E-state index is 13.8. The second-order valence-electron chi connectivity index (χ2n) is 4.00. The summed E-state index contributed by atoms with van der Waals surface area (Å²) in [5.41, 5.74) is 0. The molecule has 12 heteroatoms. The van der Waals surface area contributed by atoms with E-state index < -0.39 is 43.2 Å². The average molecular weight is 363 g/mol. The zero-order valence-corrected chi connectivity index (χ0v) is 12.9. The van der Waals surface area contributed by atoms with Gasteiger partial charge in [0.1, 0.15) is 11.1 Å². The van der Waals surface area contributed by atoms with Crippen molar-refractivity contribution in [1.29, 1.82) is 0 Å². The number of anilines is 1. The van der Waals surface area contributed by atoms with E-state index >= 15 is 0 Å². The van der Waals surface area contributed by atoms with Gasteiger partial charge in [-0.2, -0.15) is 0 Å². The number of hydrogen-bond donors (Lipinski definition) is 1. The van der Waals surface area contributed by atoms with Crippen molar-refractivity contribution in [2.24, 2.45) is 0 Å². The van der Waals surface area contributed by atoms with Crippen LogP contribution in [-0.4, -0.2) is 30.4 Å². The van der Waals surface area contributed by atoms with Gasteiger partial charge in [0, 0.05) is 4.98 Å². The van der Waals surface area contributed by atoms with Crippen LogP contribution >= 0.6 is 11.6 Å². The van der Waals surface area contributed by atoms with Gasteiger partial charge in [0.05, 0.1) is 12.1 Å². The summed E-state index contributed by atoms with van der Waals surface area (Å²) in [5.74, 6) is -2.66. The molecule has 0 amide bonds. The fourth-order valence-corrected chi connectivity index (χ4v) is 2.88. The van der Waals surface area contributed by atoms with Crippen LogP contribution in [0.25, 0.3) is 0 Å². The van der Waals surface area contributed by atoms with Gasteiger partial charge in [-0.3, -0.25) is 4.72 Å². The van der Waals surface area contributed by atoms with Gasteiger partial charge in [-0.25, -0.2) is 17.8 Å². The molecular weight excluding hydrogens is 355 g/mol. The molecule has 2 rings (SSSR count). The van der Waals surface area contributed by atoms with Crippen molar-refractivity contribution in [1.82, 2.24) is 9.97 Å². The van der Waals surface area contributed by atoms with E-state index in [1.54, 1.807) is 0 Å². The predicted octanol–water partition coefficient (Wildman–Crippen LogP) is 1.99. The van der Waals surface area contributed by atoms with E-state index in [4.69, 9.17) is 16.3 Å². The summed E-state index contributed by atoms with van der Waals surface area (Å²) in [6, 6.07) is 3.43. The molecule has 0 spiro atoms. The molecule has 1 heterocycles. The Kier molecular flexibility index (Phi) is 4.61. The fourth-order valence-electron chi connectivity index (χ4n) is 1.54. The van der Waals surface area contributed by atoms with Crippen molar-refractivity contribution >= 4 is 33.3 Å². The van der Waals surface area contributed by atoms with Crippen molar-refractivity contribution in [3.63, 3.8) is 0 Å². The molecule has 0 atom stereocenters. The highest BCUT2D eigenvalue weighted by molar-refractivity contribution is 7.92. The summed E-state index contributed by atoms with van der Waals surface area (Å²) in [4.78, 5) is 16.1. The molecule has 0 fully saturated rings. The van der Waals surface area contributed by atoms with Crippen LogP contribution in [0.15, 0.2) is 29.3 Å². The van der Waals surface area contributed by atoms with Gasteiger partial charge >= 0.3 is 11.7 Å². The van der Waals surface area contributed by atoms with E-state index in [0.29, 0.717) is 0 Å². The normalized spacial score (nSPS) is 11.1. The molecule has 0 saturated carbocycles. The molecule has 0 unspecified atom stereocenters. The number of nitrogens with zero attached hydrogens (tertiary/aromatic N) is 3. The highest BCUT2D eigenvalue weighted by atomic mass is 35.5. The van der Waals surface area contributed by atoms with E-state index in [2.05, 4.69) is 9.97 Å². The number of sulfonamides is 1. The van der Waals surface area contributed by atoms with Crippen molar-refractivity contribution < 1.29 is 22.5 Å². The van der Waals surface area contributed by atoms with Crippen LogP contribution in [0.1, 0.15) is 0 Å². The smallest absolute Gasteiger partial charge is 0.386 e. The zero-order valence-electron chi connectivity index (χ0n) is 11.4. The number of nitrogens with one attached hydrogen (secondary N) is 1. The lowest BCUT2D eigenvalue weighted by Gasteiger charge is -2.09. The minimum Gasteiger partial charge on any atom is -0.460 e. The Labute approximate surface area is 134 Å². The van der Waals surface area contributed by atoms with E-state index in [0.717, 1.165) is 19.4 Å². The van der Waals surface area contributed by atoms with E-state index in [9.17, 15) is 22.9 Å². The molecule has 122 valence electrons. The van der Waals surface area contributed by atoms with Crippen LogP contribution in [0, 0.1) is 15.9 Å². The minimum absolute atomic E-state index is 0.380. The second-order valence-corrected chi connectivity index (χ2v) is 6.06. The molecule has 0 aliphatic heterocycles. The topological polar surface area (TPSA) is 124 Å². The molecule has 0 aliphatic carbocycles. The zero-order chi connectivity index (χ0) is 17.2. The summed E-state index contributed by atoms with van der Waals surface area (Å²) in [6.45, 7) is 0. The van der Waals surface area contributed by atoms with E-state index in [-0.39, 0.29) is 5.02 Å². The molecule has 0 radical (unpaired) electrons. The molecule has 23 heavy (non-hydrogen) atoms. The Morgan fingerprint density at radius 3 is 2.74 bits per heavy atom. The highest BCUT2D eigenvalue weighted by Gasteiger charge is 2.26. The summed E-state index contributed by atoms with van der Waals surface area (Å²) in [5, 5.41) is 10.2. The summed E-state index contributed by atoms with van der Waals surface area (Å²) in [7, 11) is -3.28. The van der Waals surface area contributed by atoms with Crippen LogP contribution in [0.2, 0.25) is 5.02 Å². The lowest BCUT2D eigenvalue weighted by molar-refractivity contribution is -0.390. The Balaban J connectivity index is 2.45. The van der Waals surface area contributed by atoms with Gasteiger partial charge < -0.3 is 14.9 Å². The largest absolute Gasteiger partial charge is 0.460 e. The van der Waals surface area contributed by atoms with E-state index in [1.165, 1.54) is 12.1 Å². The van der Waals surface area contributed by atoms with Gasteiger partial charge in [0.25, 0.3) is 10.0 Å². The maximum absolute atomic E-state index is 13.8. The molecule has 0 saturated heterocycles. The Morgan fingerprint density at radius 2 is 2.13 bits per heavy atom. The lowest BCUT2D eigenvalue weighted by Crippen LogP contribution is -2.17. The number of rotatable bonds is 5. The first-order valence-corrected chi connectivity index (χ1v) is 7.64. The molecule has 9 nitrogen and oxygen atoms in total. The molecule has 1 N–H and O–H groups in total. The molecule has 1 aromatic heterocycles. The number of aromatic nitrogens is 2. The number of benzene rings is 1. The Morgan fingerprint density at radius 1 is 1.43 bits per heavy atom. The third-order valence-corrected chi connectivity index (χ3v) is 4.19. The number of methoxy groups -OCH3 is 1. The third kappa shape index (κ3) is 3.46. The standard InChI is InChI=1S/C11H8ClFN4O5S/c1-22-11-10(14-5-8(15-11)17(18)19)16-23(20,21)7-4-2-3-6(12)9(7)13/h2-5H,1H3,(H,14,16). The average Bonchev–Trinajstić information content (AvgIpc) is 2.49. The van der Waals surface area contributed by atoms with Crippen LogP contribution in [0.5, 0.6) is 5.88 Å².